The van der Waals surface area contributed by atoms with E-state index in [1.807, 2.05) is 30.1 Å². The number of aromatic amines is 1. The van der Waals surface area contributed by atoms with Gasteiger partial charge < -0.3 is 20.9 Å². The number of anilines is 3. The first-order chi connectivity index (χ1) is 15.3. The fourth-order valence-electron chi connectivity index (χ4n) is 3.31. The summed E-state index contributed by atoms with van der Waals surface area (Å²) < 4.78 is 0.251. The van der Waals surface area contributed by atoms with Crippen LogP contribution in [-0.4, -0.2) is 47.6 Å². The molecule has 0 bridgehead atoms. The van der Waals surface area contributed by atoms with Crippen molar-refractivity contribution in [2.75, 3.05) is 29.1 Å². The van der Waals surface area contributed by atoms with Gasteiger partial charge in [-0.05, 0) is 40.2 Å². The van der Waals surface area contributed by atoms with Gasteiger partial charge in [0, 0.05) is 13.6 Å². The van der Waals surface area contributed by atoms with Gasteiger partial charge in [-0.25, -0.2) is 0 Å². The fourth-order valence-corrected chi connectivity index (χ4v) is 3.99. The Morgan fingerprint density at radius 3 is 2.66 bits per heavy atom. The third kappa shape index (κ3) is 4.32. The van der Waals surface area contributed by atoms with Crippen molar-refractivity contribution < 1.29 is 14.4 Å². The molecule has 0 saturated carbocycles. The van der Waals surface area contributed by atoms with Crippen LogP contribution in [0.15, 0.2) is 53.0 Å². The summed E-state index contributed by atoms with van der Waals surface area (Å²) in [5.74, 6) is -1.24. The van der Waals surface area contributed by atoms with E-state index in [-0.39, 0.29) is 34.0 Å². The van der Waals surface area contributed by atoms with E-state index in [0.717, 1.165) is 5.69 Å². The van der Waals surface area contributed by atoms with Crippen LogP contribution in [0.2, 0.25) is 5.02 Å². The molecular weight excluding hydrogens is 500 g/mol. The van der Waals surface area contributed by atoms with Gasteiger partial charge in [-0.2, -0.15) is 5.10 Å². The first-order valence-corrected chi connectivity index (χ1v) is 10.7. The van der Waals surface area contributed by atoms with E-state index in [9.17, 15) is 14.4 Å². The summed E-state index contributed by atoms with van der Waals surface area (Å²) in [7, 11) is 1.84. The highest BCUT2D eigenvalue weighted by atomic mass is 79.9. The topological polar surface area (TPSA) is 119 Å². The summed E-state index contributed by atoms with van der Waals surface area (Å²) >= 11 is 9.34. The predicted octanol–water partition coefficient (Wildman–Crippen LogP) is 3.26. The molecule has 0 saturated heterocycles. The van der Waals surface area contributed by atoms with Gasteiger partial charge in [-0.15, -0.1) is 0 Å². The van der Waals surface area contributed by atoms with Crippen LogP contribution in [0, 0.1) is 0 Å². The Hall–Kier alpha value is -3.37. The molecule has 0 radical (unpaired) electrons. The zero-order chi connectivity index (χ0) is 22.8. The fraction of sp³-hybridized carbons (Fsp3) is 0.143. The second kappa shape index (κ2) is 9.01. The number of rotatable bonds is 4. The number of benzene rings is 2. The molecule has 1 aromatic heterocycles. The average Bonchev–Trinajstić information content (AvgIpc) is 3.08. The minimum absolute atomic E-state index is 0.0664. The standard InChI is InChI=1S/C21H18BrClN6O3/c1-29-10-14(20(31)24-13-8-4-5-9-15(13)29)25-21(32)17-16(22)18(28-27-17)26-19(30)11-6-2-3-7-12(11)23/h2-9,14H,10H2,1H3,(H,24,31)(H,25,32)(H2,26,27,28,30)/t14-/m1/s1. The molecule has 1 atom stereocenters. The van der Waals surface area contributed by atoms with Crippen LogP contribution >= 0.6 is 27.5 Å². The summed E-state index contributed by atoms with van der Waals surface area (Å²) in [6.45, 7) is 0.274. The van der Waals surface area contributed by atoms with Gasteiger partial charge in [-0.3, -0.25) is 19.5 Å². The zero-order valence-corrected chi connectivity index (χ0v) is 19.1. The van der Waals surface area contributed by atoms with E-state index in [1.165, 1.54) is 0 Å². The van der Waals surface area contributed by atoms with Gasteiger partial charge in [0.05, 0.1) is 26.4 Å². The number of carbonyl (C=O) groups is 3. The molecule has 11 heteroatoms. The predicted molar refractivity (Wildman–Crippen MR) is 125 cm³/mol. The third-order valence-electron chi connectivity index (χ3n) is 4.94. The smallest absolute Gasteiger partial charge is 0.271 e. The second-order valence-corrected chi connectivity index (χ2v) is 8.31. The molecule has 1 aliphatic rings. The number of hydrogen-bond acceptors (Lipinski definition) is 5. The Labute approximate surface area is 196 Å². The van der Waals surface area contributed by atoms with Crippen LogP contribution < -0.4 is 20.9 Å². The Morgan fingerprint density at radius 2 is 1.88 bits per heavy atom. The number of halogens is 2. The zero-order valence-electron chi connectivity index (χ0n) is 16.8. The number of aromatic nitrogens is 2. The molecule has 32 heavy (non-hydrogen) atoms. The van der Waals surface area contributed by atoms with E-state index in [0.29, 0.717) is 10.7 Å². The molecule has 3 amide bonds. The van der Waals surface area contributed by atoms with Gasteiger partial charge in [0.15, 0.2) is 5.82 Å². The van der Waals surface area contributed by atoms with Crippen molar-refractivity contribution in [2.45, 2.75) is 6.04 Å². The number of fused-ring (bicyclic) bond motifs is 1. The van der Waals surface area contributed by atoms with Gasteiger partial charge in [0.1, 0.15) is 11.7 Å². The van der Waals surface area contributed by atoms with Crippen molar-refractivity contribution in [3.8, 4) is 0 Å². The number of amides is 3. The van der Waals surface area contributed by atoms with Crippen molar-refractivity contribution in [2.24, 2.45) is 0 Å². The van der Waals surface area contributed by atoms with E-state index < -0.39 is 17.9 Å². The quantitative estimate of drug-likeness (QED) is 0.424. The average molecular weight is 518 g/mol. The maximum Gasteiger partial charge on any atom is 0.271 e. The van der Waals surface area contributed by atoms with E-state index in [2.05, 4.69) is 42.1 Å². The maximum absolute atomic E-state index is 12.8. The molecule has 3 aromatic rings. The molecule has 4 N–H and O–H groups in total. The Morgan fingerprint density at radius 1 is 1.16 bits per heavy atom. The number of likely N-dealkylation sites (N-methyl/N-ethyl adjacent to an activating group) is 1. The second-order valence-electron chi connectivity index (χ2n) is 7.11. The Kier molecular flexibility index (Phi) is 6.15. The van der Waals surface area contributed by atoms with E-state index >= 15 is 0 Å². The van der Waals surface area contributed by atoms with Crippen LogP contribution in [0.5, 0.6) is 0 Å². The number of H-pyrrole nitrogens is 1. The molecule has 9 nitrogen and oxygen atoms in total. The van der Waals surface area contributed by atoms with Crippen molar-refractivity contribution in [3.05, 3.63) is 69.3 Å². The van der Waals surface area contributed by atoms with Crippen LogP contribution in [0.1, 0.15) is 20.8 Å². The van der Waals surface area contributed by atoms with E-state index in [4.69, 9.17) is 11.6 Å². The Bertz CT molecular complexity index is 1210. The molecule has 1 aliphatic heterocycles. The number of hydrogen-bond donors (Lipinski definition) is 4. The SMILES string of the molecule is CN1C[C@@H](NC(=O)c2[nH]nc(NC(=O)c3ccccc3Cl)c2Br)C(=O)Nc2ccccc21. The highest BCUT2D eigenvalue weighted by Crippen LogP contribution is 2.28. The highest BCUT2D eigenvalue weighted by Gasteiger charge is 2.29. The highest BCUT2D eigenvalue weighted by molar-refractivity contribution is 9.10. The molecule has 164 valence electrons. The van der Waals surface area contributed by atoms with Gasteiger partial charge in [-0.1, -0.05) is 35.9 Å². The molecule has 4 rings (SSSR count). The third-order valence-corrected chi connectivity index (χ3v) is 6.04. The van der Waals surface area contributed by atoms with Crippen LogP contribution in [0.25, 0.3) is 0 Å². The van der Waals surface area contributed by atoms with Gasteiger partial charge in [0.25, 0.3) is 11.8 Å². The number of carbonyl (C=O) groups excluding carboxylic acids is 3. The van der Waals surface area contributed by atoms with Crippen LogP contribution in [0.3, 0.4) is 0 Å². The molecule has 0 spiro atoms. The number of nitrogens with one attached hydrogen (secondary N) is 4. The number of nitrogens with zero attached hydrogens (tertiary/aromatic N) is 2. The van der Waals surface area contributed by atoms with Gasteiger partial charge >= 0.3 is 0 Å². The largest absolute Gasteiger partial charge is 0.370 e. The molecule has 0 aliphatic carbocycles. The lowest BCUT2D eigenvalue weighted by atomic mass is 10.2. The Balaban J connectivity index is 1.48. The first kappa shape index (κ1) is 21.8. The summed E-state index contributed by atoms with van der Waals surface area (Å²) in [5.41, 5.74) is 1.86. The van der Waals surface area contributed by atoms with Crippen LogP contribution in [0.4, 0.5) is 17.2 Å². The molecular formula is C21H18BrClN6O3. The summed E-state index contributed by atoms with van der Waals surface area (Å²) in [4.78, 5) is 39.9. The normalized spacial score (nSPS) is 15.4. The van der Waals surface area contributed by atoms with Crippen molar-refractivity contribution in [3.63, 3.8) is 0 Å². The lowest BCUT2D eigenvalue weighted by molar-refractivity contribution is -0.117. The lowest BCUT2D eigenvalue weighted by Gasteiger charge is -2.22. The minimum Gasteiger partial charge on any atom is -0.370 e. The lowest BCUT2D eigenvalue weighted by Crippen LogP contribution is -2.48. The number of para-hydroxylation sites is 2. The molecule has 2 heterocycles. The minimum atomic E-state index is -0.809. The molecule has 0 fully saturated rings. The maximum atomic E-state index is 12.8. The molecule has 0 unspecified atom stereocenters. The monoisotopic (exact) mass is 516 g/mol. The summed E-state index contributed by atoms with van der Waals surface area (Å²) in [5, 5.41) is 15.0. The van der Waals surface area contributed by atoms with Gasteiger partial charge in [0.2, 0.25) is 5.91 Å². The van der Waals surface area contributed by atoms with Crippen molar-refractivity contribution in [1.29, 1.82) is 0 Å². The molecule has 2 aromatic carbocycles. The first-order valence-electron chi connectivity index (χ1n) is 9.56. The van der Waals surface area contributed by atoms with E-state index in [1.54, 1.807) is 30.3 Å². The van der Waals surface area contributed by atoms with Crippen molar-refractivity contribution in [1.82, 2.24) is 15.5 Å². The van der Waals surface area contributed by atoms with Crippen molar-refractivity contribution >= 4 is 62.4 Å². The van der Waals surface area contributed by atoms with Crippen LogP contribution in [-0.2, 0) is 4.79 Å². The summed E-state index contributed by atoms with van der Waals surface area (Å²) in [6.07, 6.45) is 0. The summed E-state index contributed by atoms with van der Waals surface area (Å²) in [6, 6.07) is 13.2.